The largest absolute Gasteiger partial charge is 0.386 e. The Morgan fingerprint density at radius 1 is 1.50 bits per heavy atom. The Morgan fingerprint density at radius 3 is 2.69 bits per heavy atom. The number of amides is 2. The van der Waals surface area contributed by atoms with Crippen molar-refractivity contribution >= 4 is 11.7 Å². The Kier molecular flexibility index (Phi) is 2.55. The molecule has 2 rings (SSSR count). The zero-order chi connectivity index (χ0) is 11.8. The van der Waals surface area contributed by atoms with Gasteiger partial charge in [-0.05, 0) is 19.1 Å². The molecular formula is C11H13FN2O2. The van der Waals surface area contributed by atoms with Crippen molar-refractivity contribution in [3.63, 3.8) is 0 Å². The van der Waals surface area contributed by atoms with Gasteiger partial charge in [0.15, 0.2) is 0 Å². The lowest BCUT2D eigenvalue weighted by atomic mass is 9.98. The number of halogens is 1. The number of likely N-dealkylation sites (tertiary alicyclic amines) is 1. The second-order valence-corrected chi connectivity index (χ2v) is 4.26. The Labute approximate surface area is 92.7 Å². The number of nitrogens with zero attached hydrogens (tertiary/aromatic N) is 1. The molecular weight excluding hydrogens is 211 g/mol. The maximum absolute atomic E-state index is 13.2. The first-order chi connectivity index (χ1) is 7.48. The fraction of sp³-hybridized carbons (Fsp3) is 0.364. The van der Waals surface area contributed by atoms with Crippen molar-refractivity contribution < 1.29 is 14.3 Å². The molecule has 0 aliphatic carbocycles. The topological polar surface area (TPSA) is 52.6 Å². The van der Waals surface area contributed by atoms with Crippen LogP contribution >= 0.6 is 0 Å². The van der Waals surface area contributed by atoms with E-state index in [1.807, 2.05) is 0 Å². The van der Waals surface area contributed by atoms with Gasteiger partial charge in [-0.1, -0.05) is 12.1 Å². The molecule has 1 fully saturated rings. The van der Waals surface area contributed by atoms with Crippen LogP contribution in [0.3, 0.4) is 0 Å². The van der Waals surface area contributed by atoms with Gasteiger partial charge < -0.3 is 15.3 Å². The lowest BCUT2D eigenvalue weighted by Crippen LogP contribution is -2.62. The van der Waals surface area contributed by atoms with E-state index in [2.05, 4.69) is 5.32 Å². The third kappa shape index (κ3) is 2.14. The van der Waals surface area contributed by atoms with Crippen LogP contribution in [0, 0.1) is 5.82 Å². The summed E-state index contributed by atoms with van der Waals surface area (Å²) >= 11 is 0. The second kappa shape index (κ2) is 3.75. The van der Waals surface area contributed by atoms with Gasteiger partial charge in [0, 0.05) is 0 Å². The number of anilines is 1. The van der Waals surface area contributed by atoms with Gasteiger partial charge in [-0.2, -0.15) is 0 Å². The van der Waals surface area contributed by atoms with Crippen molar-refractivity contribution in [3.05, 3.63) is 30.1 Å². The van der Waals surface area contributed by atoms with Gasteiger partial charge in [0.25, 0.3) is 0 Å². The number of carbonyl (C=O) groups is 1. The average Bonchev–Trinajstić information content (AvgIpc) is 2.17. The minimum absolute atomic E-state index is 0.152. The second-order valence-electron chi connectivity index (χ2n) is 4.26. The van der Waals surface area contributed by atoms with E-state index in [1.54, 1.807) is 19.1 Å². The van der Waals surface area contributed by atoms with Crippen LogP contribution in [0.2, 0.25) is 0 Å². The SMILES string of the molecule is CC1(O)CN(C(=O)Nc2ccccc2F)C1. The Hall–Kier alpha value is -1.62. The molecule has 1 saturated heterocycles. The molecule has 1 aromatic carbocycles. The zero-order valence-electron chi connectivity index (χ0n) is 8.90. The minimum atomic E-state index is -0.813. The number of nitrogens with one attached hydrogen (secondary N) is 1. The van der Waals surface area contributed by atoms with Crippen molar-refractivity contribution in [1.29, 1.82) is 0 Å². The van der Waals surface area contributed by atoms with Crippen molar-refractivity contribution in [2.45, 2.75) is 12.5 Å². The Morgan fingerprint density at radius 2 is 2.12 bits per heavy atom. The van der Waals surface area contributed by atoms with Crippen molar-refractivity contribution in [1.82, 2.24) is 4.90 Å². The molecule has 1 aromatic rings. The molecule has 0 spiro atoms. The number of benzene rings is 1. The van der Waals surface area contributed by atoms with E-state index in [0.29, 0.717) is 0 Å². The maximum Gasteiger partial charge on any atom is 0.322 e. The van der Waals surface area contributed by atoms with E-state index < -0.39 is 17.4 Å². The smallest absolute Gasteiger partial charge is 0.322 e. The highest BCUT2D eigenvalue weighted by atomic mass is 19.1. The fourth-order valence-electron chi connectivity index (χ4n) is 1.68. The van der Waals surface area contributed by atoms with Crippen LogP contribution in [0.4, 0.5) is 14.9 Å². The van der Waals surface area contributed by atoms with Gasteiger partial charge in [0.1, 0.15) is 5.82 Å². The molecule has 0 saturated carbocycles. The summed E-state index contributed by atoms with van der Waals surface area (Å²) in [6.45, 7) is 2.19. The van der Waals surface area contributed by atoms with E-state index in [1.165, 1.54) is 17.0 Å². The quantitative estimate of drug-likeness (QED) is 0.758. The number of hydrogen-bond donors (Lipinski definition) is 2. The molecule has 2 amide bonds. The summed E-state index contributed by atoms with van der Waals surface area (Å²) in [5.74, 6) is -0.469. The molecule has 1 aliphatic heterocycles. The lowest BCUT2D eigenvalue weighted by molar-refractivity contribution is -0.0581. The maximum atomic E-state index is 13.2. The molecule has 1 aliphatic rings. The molecule has 0 atom stereocenters. The highest BCUT2D eigenvalue weighted by Crippen LogP contribution is 2.21. The highest BCUT2D eigenvalue weighted by molar-refractivity contribution is 5.90. The highest BCUT2D eigenvalue weighted by Gasteiger charge is 2.39. The number of aliphatic hydroxyl groups is 1. The number of urea groups is 1. The van der Waals surface area contributed by atoms with Crippen LogP contribution in [0.15, 0.2) is 24.3 Å². The van der Waals surface area contributed by atoms with Crippen LogP contribution < -0.4 is 5.32 Å². The normalized spacial score (nSPS) is 17.8. The molecule has 5 heteroatoms. The van der Waals surface area contributed by atoms with Crippen molar-refractivity contribution in [3.8, 4) is 0 Å². The summed E-state index contributed by atoms with van der Waals surface area (Å²) in [5.41, 5.74) is -0.661. The fourth-order valence-corrected chi connectivity index (χ4v) is 1.68. The third-order valence-electron chi connectivity index (χ3n) is 2.47. The van der Waals surface area contributed by atoms with Crippen LogP contribution in [0.1, 0.15) is 6.92 Å². The van der Waals surface area contributed by atoms with Gasteiger partial charge in [-0.15, -0.1) is 0 Å². The zero-order valence-corrected chi connectivity index (χ0v) is 8.90. The van der Waals surface area contributed by atoms with E-state index >= 15 is 0 Å². The minimum Gasteiger partial charge on any atom is -0.386 e. The summed E-state index contributed by atoms with van der Waals surface area (Å²) in [6, 6.07) is 5.58. The van der Waals surface area contributed by atoms with Gasteiger partial charge in [-0.25, -0.2) is 9.18 Å². The first-order valence-corrected chi connectivity index (χ1v) is 5.01. The van der Waals surface area contributed by atoms with Gasteiger partial charge >= 0.3 is 6.03 Å². The van der Waals surface area contributed by atoms with Crippen molar-refractivity contribution in [2.24, 2.45) is 0 Å². The van der Waals surface area contributed by atoms with E-state index in [0.717, 1.165) is 0 Å². The molecule has 0 unspecified atom stereocenters. The predicted octanol–water partition coefficient (Wildman–Crippen LogP) is 1.42. The molecule has 0 radical (unpaired) electrons. The molecule has 1 heterocycles. The first-order valence-electron chi connectivity index (χ1n) is 5.01. The van der Waals surface area contributed by atoms with Gasteiger partial charge in [-0.3, -0.25) is 0 Å². The molecule has 4 nitrogen and oxygen atoms in total. The molecule has 2 N–H and O–H groups in total. The summed E-state index contributed by atoms with van der Waals surface area (Å²) in [4.78, 5) is 13.0. The summed E-state index contributed by atoms with van der Waals surface area (Å²) in [7, 11) is 0. The first kappa shape index (κ1) is 10.9. The standard InChI is InChI=1S/C11H13FN2O2/c1-11(16)6-14(7-11)10(15)13-9-5-3-2-4-8(9)12/h2-5,16H,6-7H2,1H3,(H,13,15). The predicted molar refractivity (Wildman–Crippen MR) is 57.6 cm³/mol. The van der Waals surface area contributed by atoms with Crippen LogP contribution in [-0.4, -0.2) is 34.7 Å². The third-order valence-corrected chi connectivity index (χ3v) is 2.47. The Bertz CT molecular complexity index is 412. The number of para-hydroxylation sites is 1. The van der Waals surface area contributed by atoms with E-state index in [4.69, 9.17) is 0 Å². The van der Waals surface area contributed by atoms with Crippen LogP contribution in [-0.2, 0) is 0 Å². The number of carbonyl (C=O) groups excluding carboxylic acids is 1. The van der Waals surface area contributed by atoms with Gasteiger partial charge in [0.2, 0.25) is 0 Å². The summed E-state index contributed by atoms with van der Waals surface area (Å²) in [6.07, 6.45) is 0. The lowest BCUT2D eigenvalue weighted by Gasteiger charge is -2.43. The van der Waals surface area contributed by atoms with Crippen LogP contribution in [0.5, 0.6) is 0 Å². The molecule has 0 aromatic heterocycles. The average molecular weight is 224 g/mol. The summed E-state index contributed by atoms with van der Waals surface area (Å²) < 4.78 is 13.2. The van der Waals surface area contributed by atoms with Crippen LogP contribution in [0.25, 0.3) is 0 Å². The van der Waals surface area contributed by atoms with E-state index in [-0.39, 0.29) is 18.8 Å². The molecule has 0 bridgehead atoms. The molecule has 86 valence electrons. The molecule has 16 heavy (non-hydrogen) atoms. The van der Waals surface area contributed by atoms with E-state index in [9.17, 15) is 14.3 Å². The summed E-state index contributed by atoms with van der Waals surface area (Å²) in [5, 5.41) is 11.9. The van der Waals surface area contributed by atoms with Gasteiger partial charge in [0.05, 0.1) is 24.4 Å². The number of β-amino-alcohol motifs (C(OH)–C–C–N with tert-alkyl or cyclic N) is 1. The number of hydrogen-bond acceptors (Lipinski definition) is 2. The van der Waals surface area contributed by atoms with Crippen molar-refractivity contribution in [2.75, 3.05) is 18.4 Å². The Balaban J connectivity index is 1.96. The number of rotatable bonds is 1. The monoisotopic (exact) mass is 224 g/mol.